The SMILES string of the molecule is Cn1cccc1[C@]12CCS(=O)(=O)C[C@H]1O2. The van der Waals surface area contributed by atoms with Crippen LogP contribution in [0.5, 0.6) is 0 Å². The summed E-state index contributed by atoms with van der Waals surface area (Å²) in [6.45, 7) is 0. The van der Waals surface area contributed by atoms with E-state index < -0.39 is 9.84 Å². The van der Waals surface area contributed by atoms with Crippen LogP contribution >= 0.6 is 0 Å². The molecule has 0 amide bonds. The molecule has 0 aromatic carbocycles. The minimum atomic E-state index is -2.87. The second-order valence-corrected chi connectivity index (χ2v) is 6.59. The minimum absolute atomic E-state index is 0.121. The van der Waals surface area contributed by atoms with Crippen molar-refractivity contribution in [3.63, 3.8) is 0 Å². The number of nitrogens with zero attached hydrogens (tertiary/aromatic N) is 1. The molecular weight excluding hydrogens is 214 g/mol. The van der Waals surface area contributed by atoms with Gasteiger partial charge in [0.2, 0.25) is 0 Å². The lowest BCUT2D eigenvalue weighted by Gasteiger charge is -2.18. The molecule has 0 N–H and O–H groups in total. The molecule has 0 saturated carbocycles. The molecule has 2 aliphatic heterocycles. The van der Waals surface area contributed by atoms with Gasteiger partial charge in [-0.15, -0.1) is 0 Å². The highest BCUT2D eigenvalue weighted by atomic mass is 32.2. The van der Waals surface area contributed by atoms with Gasteiger partial charge in [0, 0.05) is 13.2 Å². The number of fused-ring (bicyclic) bond motifs is 1. The zero-order valence-corrected chi connectivity index (χ0v) is 9.33. The fraction of sp³-hybridized carbons (Fsp3) is 0.600. The largest absolute Gasteiger partial charge is 0.358 e. The van der Waals surface area contributed by atoms with Crippen LogP contribution in [0.2, 0.25) is 0 Å². The summed E-state index contributed by atoms with van der Waals surface area (Å²) in [5, 5.41) is 0. The van der Waals surface area contributed by atoms with Crippen molar-refractivity contribution in [1.82, 2.24) is 4.57 Å². The molecule has 0 radical (unpaired) electrons. The summed E-state index contributed by atoms with van der Waals surface area (Å²) < 4.78 is 30.4. The summed E-state index contributed by atoms with van der Waals surface area (Å²) in [7, 11) is -0.902. The topological polar surface area (TPSA) is 51.6 Å². The van der Waals surface area contributed by atoms with Crippen molar-refractivity contribution < 1.29 is 13.2 Å². The van der Waals surface area contributed by atoms with Gasteiger partial charge in [-0.2, -0.15) is 0 Å². The third kappa shape index (κ3) is 1.26. The lowest BCUT2D eigenvalue weighted by molar-refractivity contribution is 0.286. The van der Waals surface area contributed by atoms with Gasteiger partial charge in [-0.1, -0.05) is 0 Å². The Labute approximate surface area is 88.8 Å². The van der Waals surface area contributed by atoms with E-state index in [1.807, 2.05) is 29.9 Å². The van der Waals surface area contributed by atoms with E-state index in [1.165, 1.54) is 0 Å². The van der Waals surface area contributed by atoms with Crippen molar-refractivity contribution in [2.45, 2.75) is 18.1 Å². The summed E-state index contributed by atoms with van der Waals surface area (Å²) in [5.41, 5.74) is 0.797. The maximum Gasteiger partial charge on any atom is 0.153 e. The van der Waals surface area contributed by atoms with Crippen LogP contribution in [0.3, 0.4) is 0 Å². The van der Waals surface area contributed by atoms with E-state index in [4.69, 9.17) is 4.74 Å². The Hall–Kier alpha value is -0.810. The Kier molecular flexibility index (Phi) is 1.66. The van der Waals surface area contributed by atoms with E-state index in [-0.39, 0.29) is 23.2 Å². The molecule has 15 heavy (non-hydrogen) atoms. The zero-order chi connectivity index (χ0) is 10.7. The molecule has 0 spiro atoms. The van der Waals surface area contributed by atoms with E-state index >= 15 is 0 Å². The first-order chi connectivity index (χ1) is 7.04. The lowest BCUT2D eigenvalue weighted by Crippen LogP contribution is -2.31. The summed E-state index contributed by atoms with van der Waals surface area (Å²) >= 11 is 0. The Morgan fingerprint density at radius 1 is 1.60 bits per heavy atom. The third-order valence-electron chi connectivity index (χ3n) is 3.38. The van der Waals surface area contributed by atoms with Crippen molar-refractivity contribution in [2.24, 2.45) is 7.05 Å². The quantitative estimate of drug-likeness (QED) is 0.654. The predicted octanol–water partition coefficient (Wildman–Crippen LogP) is 0.438. The van der Waals surface area contributed by atoms with Gasteiger partial charge in [0.05, 0.1) is 17.2 Å². The maximum absolute atomic E-state index is 11.4. The van der Waals surface area contributed by atoms with E-state index in [0.29, 0.717) is 6.42 Å². The van der Waals surface area contributed by atoms with Gasteiger partial charge < -0.3 is 9.30 Å². The third-order valence-corrected chi connectivity index (χ3v) is 5.02. The van der Waals surface area contributed by atoms with Crippen LogP contribution in [-0.2, 0) is 27.2 Å². The molecule has 0 bridgehead atoms. The lowest BCUT2D eigenvalue weighted by atomic mass is 9.98. The Morgan fingerprint density at radius 3 is 3.00 bits per heavy atom. The number of epoxide rings is 1. The van der Waals surface area contributed by atoms with Gasteiger partial charge in [-0.3, -0.25) is 0 Å². The highest BCUT2D eigenvalue weighted by Gasteiger charge is 2.62. The van der Waals surface area contributed by atoms with Crippen molar-refractivity contribution in [2.75, 3.05) is 11.5 Å². The smallest absolute Gasteiger partial charge is 0.153 e. The monoisotopic (exact) mass is 227 g/mol. The minimum Gasteiger partial charge on any atom is -0.358 e. The average molecular weight is 227 g/mol. The second kappa shape index (κ2) is 2.65. The number of hydrogen-bond acceptors (Lipinski definition) is 3. The van der Waals surface area contributed by atoms with Gasteiger partial charge in [0.25, 0.3) is 0 Å². The Morgan fingerprint density at radius 2 is 2.40 bits per heavy atom. The first kappa shape index (κ1) is 9.42. The summed E-state index contributed by atoms with van der Waals surface area (Å²) in [6.07, 6.45) is 2.44. The number of ether oxygens (including phenoxy) is 1. The number of sulfone groups is 1. The van der Waals surface area contributed by atoms with Crippen molar-refractivity contribution in [3.05, 3.63) is 24.0 Å². The number of aromatic nitrogens is 1. The normalized spacial score (nSPS) is 37.3. The van der Waals surface area contributed by atoms with Crippen molar-refractivity contribution in [1.29, 1.82) is 0 Å². The van der Waals surface area contributed by atoms with Gasteiger partial charge >= 0.3 is 0 Å². The molecule has 4 nitrogen and oxygen atoms in total. The summed E-state index contributed by atoms with van der Waals surface area (Å²) in [4.78, 5) is 0. The standard InChI is InChI=1S/C10H13NO3S/c1-11-5-2-3-8(11)10-4-6-15(12,13)7-9(10)14-10/h2-3,5,9H,4,6-7H2,1H3/t9-,10-/m1/s1. The van der Waals surface area contributed by atoms with Crippen molar-refractivity contribution >= 4 is 9.84 Å². The van der Waals surface area contributed by atoms with Gasteiger partial charge in [-0.25, -0.2) is 8.42 Å². The van der Waals surface area contributed by atoms with Crippen LogP contribution in [0.4, 0.5) is 0 Å². The second-order valence-electron chi connectivity index (χ2n) is 4.36. The highest BCUT2D eigenvalue weighted by molar-refractivity contribution is 7.91. The first-order valence-corrected chi connectivity index (χ1v) is 6.86. The molecule has 82 valence electrons. The predicted molar refractivity (Wildman–Crippen MR) is 55.2 cm³/mol. The van der Waals surface area contributed by atoms with Gasteiger partial charge in [0.1, 0.15) is 11.7 Å². The number of hydrogen-bond donors (Lipinski definition) is 0. The Bertz CT molecular complexity index is 504. The molecule has 5 heteroatoms. The highest BCUT2D eigenvalue weighted by Crippen LogP contribution is 2.52. The molecule has 2 atom stereocenters. The van der Waals surface area contributed by atoms with E-state index in [1.54, 1.807) is 0 Å². The fourth-order valence-electron chi connectivity index (χ4n) is 2.48. The van der Waals surface area contributed by atoms with Crippen LogP contribution in [0.25, 0.3) is 0 Å². The van der Waals surface area contributed by atoms with Gasteiger partial charge in [-0.05, 0) is 18.6 Å². The van der Waals surface area contributed by atoms with Crippen LogP contribution < -0.4 is 0 Å². The Balaban J connectivity index is 1.96. The van der Waals surface area contributed by atoms with Gasteiger partial charge in [0.15, 0.2) is 9.84 Å². The summed E-state index contributed by atoms with van der Waals surface area (Å²) in [5.74, 6) is 0.423. The average Bonchev–Trinajstić information content (AvgIpc) is 2.68. The molecule has 2 saturated heterocycles. The first-order valence-electron chi connectivity index (χ1n) is 5.04. The number of rotatable bonds is 1. The molecule has 1 aromatic rings. The van der Waals surface area contributed by atoms with Crippen molar-refractivity contribution in [3.8, 4) is 0 Å². The molecule has 2 aliphatic rings. The van der Waals surface area contributed by atoms with Crippen LogP contribution in [-0.4, -0.2) is 30.6 Å². The van der Waals surface area contributed by atoms with E-state index in [0.717, 1.165) is 5.69 Å². The molecule has 3 heterocycles. The zero-order valence-electron chi connectivity index (χ0n) is 8.51. The van der Waals surface area contributed by atoms with Crippen LogP contribution in [0.15, 0.2) is 18.3 Å². The summed E-state index contributed by atoms with van der Waals surface area (Å²) in [6, 6.07) is 3.98. The fourth-order valence-corrected chi connectivity index (χ4v) is 4.06. The molecular formula is C10H13NO3S. The number of aryl methyl sites for hydroxylation is 1. The van der Waals surface area contributed by atoms with E-state index in [9.17, 15) is 8.42 Å². The molecule has 0 aliphatic carbocycles. The molecule has 0 unspecified atom stereocenters. The van der Waals surface area contributed by atoms with Crippen LogP contribution in [0.1, 0.15) is 12.1 Å². The van der Waals surface area contributed by atoms with Crippen LogP contribution in [0, 0.1) is 0 Å². The van der Waals surface area contributed by atoms with E-state index in [2.05, 4.69) is 0 Å². The maximum atomic E-state index is 11.4. The molecule has 2 fully saturated rings. The molecule has 3 rings (SSSR count). The molecule has 1 aromatic heterocycles.